The first-order valence-electron chi connectivity index (χ1n) is 8.39. The maximum absolute atomic E-state index is 12.6. The number of carbonyl (C=O) groups is 1. The highest BCUT2D eigenvalue weighted by molar-refractivity contribution is 7.89. The fourth-order valence-electron chi connectivity index (χ4n) is 2.52. The summed E-state index contributed by atoms with van der Waals surface area (Å²) in [6.07, 6.45) is 1.59. The number of pyridine rings is 1. The number of hydrogen-bond acceptors (Lipinski definition) is 5. The van der Waals surface area contributed by atoms with Crippen molar-refractivity contribution in [3.8, 4) is 0 Å². The lowest BCUT2D eigenvalue weighted by atomic mass is 10.1. The SMILES string of the molecule is CCN(CC)c1ccc(NC(=O)c2cc(S(=O)(=O)NC)ccc2C)cn1. The van der Waals surface area contributed by atoms with Crippen LogP contribution in [0.4, 0.5) is 11.5 Å². The molecule has 2 rings (SSSR count). The molecule has 0 aliphatic carbocycles. The van der Waals surface area contributed by atoms with Crippen LogP contribution in [0, 0.1) is 6.92 Å². The molecule has 2 N–H and O–H groups in total. The number of anilines is 2. The van der Waals surface area contributed by atoms with E-state index in [1.165, 1.54) is 19.2 Å². The number of benzene rings is 1. The first-order chi connectivity index (χ1) is 12.3. The molecule has 1 aromatic carbocycles. The number of sulfonamides is 1. The molecule has 7 nitrogen and oxygen atoms in total. The third-order valence-corrected chi connectivity index (χ3v) is 5.54. The molecule has 1 amide bonds. The van der Waals surface area contributed by atoms with E-state index < -0.39 is 10.0 Å². The van der Waals surface area contributed by atoms with Crippen LogP contribution in [-0.2, 0) is 10.0 Å². The summed E-state index contributed by atoms with van der Waals surface area (Å²) < 4.78 is 26.1. The monoisotopic (exact) mass is 376 g/mol. The molecular formula is C18H24N4O3S. The van der Waals surface area contributed by atoms with E-state index in [1.54, 1.807) is 25.3 Å². The predicted octanol–water partition coefficient (Wildman–Crippen LogP) is 2.40. The second-order valence-corrected chi connectivity index (χ2v) is 7.60. The molecule has 26 heavy (non-hydrogen) atoms. The summed E-state index contributed by atoms with van der Waals surface area (Å²) in [6.45, 7) is 7.56. The summed E-state index contributed by atoms with van der Waals surface area (Å²) in [5, 5.41) is 2.76. The van der Waals surface area contributed by atoms with Gasteiger partial charge in [0.05, 0.1) is 16.8 Å². The number of hydrogen-bond donors (Lipinski definition) is 2. The van der Waals surface area contributed by atoms with Crippen LogP contribution in [0.15, 0.2) is 41.4 Å². The quantitative estimate of drug-likeness (QED) is 0.774. The van der Waals surface area contributed by atoms with Gasteiger partial charge in [-0.3, -0.25) is 4.79 Å². The van der Waals surface area contributed by atoms with Gasteiger partial charge in [-0.2, -0.15) is 0 Å². The molecule has 2 aromatic rings. The maximum Gasteiger partial charge on any atom is 0.256 e. The Labute approximate surface area is 154 Å². The lowest BCUT2D eigenvalue weighted by Crippen LogP contribution is -2.23. The van der Waals surface area contributed by atoms with Gasteiger partial charge in [0.1, 0.15) is 5.82 Å². The van der Waals surface area contributed by atoms with E-state index in [-0.39, 0.29) is 10.8 Å². The van der Waals surface area contributed by atoms with E-state index in [0.717, 1.165) is 18.9 Å². The van der Waals surface area contributed by atoms with Gasteiger partial charge < -0.3 is 10.2 Å². The highest BCUT2D eigenvalue weighted by atomic mass is 32.2. The Hall–Kier alpha value is -2.45. The lowest BCUT2D eigenvalue weighted by Gasteiger charge is -2.19. The van der Waals surface area contributed by atoms with Crippen LogP contribution in [0.1, 0.15) is 29.8 Å². The predicted molar refractivity (Wildman–Crippen MR) is 103 cm³/mol. The van der Waals surface area contributed by atoms with E-state index in [2.05, 4.69) is 33.8 Å². The Morgan fingerprint density at radius 3 is 2.38 bits per heavy atom. The molecule has 0 aliphatic rings. The van der Waals surface area contributed by atoms with E-state index in [9.17, 15) is 13.2 Å². The second kappa shape index (κ2) is 8.29. The summed E-state index contributed by atoms with van der Waals surface area (Å²) >= 11 is 0. The van der Waals surface area contributed by atoms with Gasteiger partial charge in [-0.25, -0.2) is 18.1 Å². The smallest absolute Gasteiger partial charge is 0.256 e. The molecule has 0 aliphatic heterocycles. The molecule has 140 valence electrons. The minimum atomic E-state index is -3.61. The topological polar surface area (TPSA) is 91.4 Å². The van der Waals surface area contributed by atoms with E-state index in [0.29, 0.717) is 16.8 Å². The molecule has 1 aromatic heterocycles. The normalized spacial score (nSPS) is 11.2. The average molecular weight is 376 g/mol. The lowest BCUT2D eigenvalue weighted by molar-refractivity contribution is 0.102. The van der Waals surface area contributed by atoms with Crippen LogP contribution in [0.5, 0.6) is 0 Å². The van der Waals surface area contributed by atoms with Crippen LogP contribution in [0.25, 0.3) is 0 Å². The van der Waals surface area contributed by atoms with E-state index >= 15 is 0 Å². The summed E-state index contributed by atoms with van der Waals surface area (Å²) in [4.78, 5) is 19.1. The van der Waals surface area contributed by atoms with Gasteiger partial charge in [-0.15, -0.1) is 0 Å². The highest BCUT2D eigenvalue weighted by Gasteiger charge is 2.17. The zero-order chi connectivity index (χ0) is 19.3. The third kappa shape index (κ3) is 4.39. The van der Waals surface area contributed by atoms with Gasteiger partial charge in [-0.05, 0) is 57.6 Å². The Kier molecular flexibility index (Phi) is 6.33. The van der Waals surface area contributed by atoms with Crippen molar-refractivity contribution < 1.29 is 13.2 Å². The van der Waals surface area contributed by atoms with Crippen molar-refractivity contribution in [3.05, 3.63) is 47.7 Å². The number of nitrogens with one attached hydrogen (secondary N) is 2. The second-order valence-electron chi connectivity index (χ2n) is 5.72. The van der Waals surface area contributed by atoms with Gasteiger partial charge in [-0.1, -0.05) is 6.07 Å². The molecule has 1 heterocycles. The molecule has 0 fully saturated rings. The molecular weight excluding hydrogens is 352 g/mol. The minimum absolute atomic E-state index is 0.0470. The van der Waals surface area contributed by atoms with Gasteiger partial charge >= 0.3 is 0 Å². The van der Waals surface area contributed by atoms with Gasteiger partial charge in [0.2, 0.25) is 10.0 Å². The molecule has 0 atom stereocenters. The fourth-order valence-corrected chi connectivity index (χ4v) is 3.28. The Balaban J connectivity index is 2.24. The molecule has 0 unspecified atom stereocenters. The van der Waals surface area contributed by atoms with Gasteiger partial charge in [0.25, 0.3) is 5.91 Å². The highest BCUT2D eigenvalue weighted by Crippen LogP contribution is 2.18. The Morgan fingerprint density at radius 1 is 1.15 bits per heavy atom. The maximum atomic E-state index is 12.6. The largest absolute Gasteiger partial charge is 0.357 e. The molecule has 0 saturated carbocycles. The number of nitrogens with zero attached hydrogens (tertiary/aromatic N) is 2. The standard InChI is InChI=1S/C18H24N4O3S/c1-5-22(6-2)17-10-8-14(12-20-17)21-18(23)16-11-15(9-7-13(16)3)26(24,25)19-4/h7-12,19H,5-6H2,1-4H3,(H,21,23). The molecule has 8 heteroatoms. The van der Waals surface area contributed by atoms with Crippen molar-refractivity contribution in [1.29, 1.82) is 0 Å². The van der Waals surface area contributed by atoms with Crippen molar-refractivity contribution >= 4 is 27.4 Å². The number of rotatable bonds is 7. The van der Waals surface area contributed by atoms with Crippen LogP contribution in [-0.4, -0.2) is 39.4 Å². The van der Waals surface area contributed by atoms with Crippen LogP contribution >= 0.6 is 0 Å². The Bertz CT molecular complexity index is 876. The molecule has 0 radical (unpaired) electrons. The number of carbonyl (C=O) groups excluding carboxylic acids is 1. The van der Waals surface area contributed by atoms with Crippen molar-refractivity contribution in [1.82, 2.24) is 9.71 Å². The van der Waals surface area contributed by atoms with Gasteiger partial charge in [0.15, 0.2) is 0 Å². The molecule has 0 saturated heterocycles. The third-order valence-electron chi connectivity index (χ3n) is 4.13. The van der Waals surface area contributed by atoms with Crippen molar-refractivity contribution in [2.45, 2.75) is 25.7 Å². The summed E-state index contributed by atoms with van der Waals surface area (Å²) in [7, 11) is -2.28. The van der Waals surface area contributed by atoms with E-state index in [4.69, 9.17) is 0 Å². The van der Waals surface area contributed by atoms with Crippen LogP contribution < -0.4 is 14.9 Å². The van der Waals surface area contributed by atoms with Gasteiger partial charge in [0, 0.05) is 18.7 Å². The summed E-state index contributed by atoms with van der Waals surface area (Å²) in [5.41, 5.74) is 1.53. The number of aromatic nitrogens is 1. The van der Waals surface area contributed by atoms with Crippen molar-refractivity contribution in [2.24, 2.45) is 0 Å². The van der Waals surface area contributed by atoms with E-state index in [1.807, 2.05) is 6.07 Å². The zero-order valence-corrected chi connectivity index (χ0v) is 16.2. The molecule has 0 spiro atoms. The minimum Gasteiger partial charge on any atom is -0.357 e. The average Bonchev–Trinajstić information content (AvgIpc) is 2.64. The number of amides is 1. The first kappa shape index (κ1) is 19.9. The molecule has 0 bridgehead atoms. The number of aryl methyl sites for hydroxylation is 1. The van der Waals surface area contributed by atoms with Crippen LogP contribution in [0.3, 0.4) is 0 Å². The summed E-state index contributed by atoms with van der Waals surface area (Å²) in [6, 6.07) is 8.08. The Morgan fingerprint density at radius 2 is 1.85 bits per heavy atom. The zero-order valence-electron chi connectivity index (χ0n) is 15.4. The van der Waals surface area contributed by atoms with Crippen molar-refractivity contribution in [2.75, 3.05) is 30.4 Å². The van der Waals surface area contributed by atoms with Crippen molar-refractivity contribution in [3.63, 3.8) is 0 Å². The summed E-state index contributed by atoms with van der Waals surface area (Å²) in [5.74, 6) is 0.458. The first-order valence-corrected chi connectivity index (χ1v) is 9.87. The van der Waals surface area contributed by atoms with Crippen LogP contribution in [0.2, 0.25) is 0 Å². The fraction of sp³-hybridized carbons (Fsp3) is 0.333.